The van der Waals surface area contributed by atoms with Crippen LogP contribution in [0.1, 0.15) is 11.1 Å². The summed E-state index contributed by atoms with van der Waals surface area (Å²) in [6, 6.07) is 8.04. The molecule has 0 aliphatic carbocycles. The first-order chi connectivity index (χ1) is 9.51. The Morgan fingerprint density at radius 2 is 1.70 bits per heavy atom. The number of ether oxygens (including phenoxy) is 1. The normalized spacial score (nSPS) is 12.2. The van der Waals surface area contributed by atoms with Gasteiger partial charge >= 0.3 is 0 Å². The largest absolute Gasteiger partial charge is 0.495 e. The molecule has 0 saturated carbocycles. The van der Waals surface area contributed by atoms with E-state index in [0.29, 0.717) is 5.76 Å². The molecular weight excluding hydrogens is 252 g/mol. The lowest BCUT2D eigenvalue weighted by Gasteiger charge is -2.05. The van der Waals surface area contributed by atoms with Crippen LogP contribution in [0.15, 0.2) is 40.2 Å². The van der Waals surface area contributed by atoms with Crippen LogP contribution in [-0.4, -0.2) is 57.7 Å². The van der Waals surface area contributed by atoms with Crippen molar-refractivity contribution in [2.24, 2.45) is 10.2 Å². The highest BCUT2D eigenvalue weighted by Gasteiger charge is 1.96. The number of allylic oxidation sites excluding steroid dienone is 1. The first kappa shape index (κ1) is 15.8. The zero-order chi connectivity index (χ0) is 15.0. The van der Waals surface area contributed by atoms with E-state index in [1.165, 1.54) is 0 Å². The Balaban J connectivity index is 2.92. The van der Waals surface area contributed by atoms with E-state index in [0.717, 1.165) is 11.1 Å². The topological polar surface area (TPSA) is 40.4 Å². The van der Waals surface area contributed by atoms with Crippen LogP contribution in [-0.2, 0) is 4.74 Å². The van der Waals surface area contributed by atoms with Crippen molar-refractivity contribution in [2.45, 2.75) is 0 Å². The SMILES string of the molecule is COC(=C\c1cccc(/C=N/N(C)C)c1)/C=N/N(C)C. The van der Waals surface area contributed by atoms with E-state index >= 15 is 0 Å². The average Bonchev–Trinajstić information content (AvgIpc) is 2.41. The molecule has 5 nitrogen and oxygen atoms in total. The third kappa shape index (κ3) is 6.04. The minimum absolute atomic E-state index is 0.695. The van der Waals surface area contributed by atoms with Gasteiger partial charge in [0.1, 0.15) is 5.76 Å². The van der Waals surface area contributed by atoms with Crippen LogP contribution in [0.5, 0.6) is 0 Å². The van der Waals surface area contributed by atoms with E-state index in [9.17, 15) is 0 Å². The molecule has 0 aliphatic heterocycles. The van der Waals surface area contributed by atoms with Gasteiger partial charge in [-0.25, -0.2) is 0 Å². The van der Waals surface area contributed by atoms with E-state index < -0.39 is 0 Å². The van der Waals surface area contributed by atoms with Gasteiger partial charge in [-0.3, -0.25) is 0 Å². The molecule has 0 aliphatic rings. The summed E-state index contributed by atoms with van der Waals surface area (Å²) in [7, 11) is 9.14. The summed E-state index contributed by atoms with van der Waals surface area (Å²) in [6.07, 6.45) is 5.43. The molecule has 5 heteroatoms. The van der Waals surface area contributed by atoms with Gasteiger partial charge in [0.2, 0.25) is 0 Å². The quantitative estimate of drug-likeness (QED) is 0.453. The van der Waals surface area contributed by atoms with Gasteiger partial charge in [-0.15, -0.1) is 0 Å². The summed E-state index contributed by atoms with van der Waals surface area (Å²) in [6.45, 7) is 0. The minimum atomic E-state index is 0.695. The number of hydrazone groups is 2. The molecule has 0 heterocycles. The van der Waals surface area contributed by atoms with Crippen molar-refractivity contribution in [3.63, 3.8) is 0 Å². The van der Waals surface area contributed by atoms with Crippen molar-refractivity contribution in [1.29, 1.82) is 0 Å². The summed E-state index contributed by atoms with van der Waals surface area (Å²) >= 11 is 0. The van der Waals surface area contributed by atoms with Crippen LogP contribution in [0.3, 0.4) is 0 Å². The summed E-state index contributed by atoms with van der Waals surface area (Å²) in [4.78, 5) is 0. The zero-order valence-corrected chi connectivity index (χ0v) is 12.7. The van der Waals surface area contributed by atoms with Crippen LogP contribution < -0.4 is 0 Å². The molecular formula is C15H22N4O. The molecule has 0 aromatic heterocycles. The zero-order valence-electron chi connectivity index (χ0n) is 12.7. The van der Waals surface area contributed by atoms with Gasteiger partial charge in [0.15, 0.2) is 0 Å². The van der Waals surface area contributed by atoms with Gasteiger partial charge in [-0.05, 0) is 23.3 Å². The maximum absolute atomic E-state index is 5.29. The second-order valence-electron chi connectivity index (χ2n) is 4.60. The van der Waals surface area contributed by atoms with Gasteiger partial charge in [0.25, 0.3) is 0 Å². The van der Waals surface area contributed by atoms with Crippen LogP contribution in [0, 0.1) is 0 Å². The Hall–Kier alpha value is -2.30. The molecule has 0 amide bonds. The lowest BCUT2D eigenvalue weighted by Crippen LogP contribution is -2.03. The maximum atomic E-state index is 5.29. The molecule has 1 rings (SSSR count). The molecule has 1 aromatic carbocycles. The molecule has 108 valence electrons. The van der Waals surface area contributed by atoms with Crippen molar-refractivity contribution in [2.75, 3.05) is 35.3 Å². The monoisotopic (exact) mass is 274 g/mol. The Morgan fingerprint density at radius 3 is 2.30 bits per heavy atom. The van der Waals surface area contributed by atoms with Crippen LogP contribution in [0.4, 0.5) is 0 Å². The number of hydrogen-bond acceptors (Lipinski definition) is 5. The van der Waals surface area contributed by atoms with Crippen molar-refractivity contribution in [3.8, 4) is 0 Å². The van der Waals surface area contributed by atoms with E-state index in [1.54, 1.807) is 23.3 Å². The van der Waals surface area contributed by atoms with Crippen LogP contribution >= 0.6 is 0 Å². The van der Waals surface area contributed by atoms with Crippen molar-refractivity contribution in [1.82, 2.24) is 10.0 Å². The predicted octanol–water partition coefficient (Wildman–Crippen LogP) is 2.12. The van der Waals surface area contributed by atoms with Crippen molar-refractivity contribution < 1.29 is 4.74 Å². The van der Waals surface area contributed by atoms with Gasteiger partial charge < -0.3 is 14.8 Å². The first-order valence-corrected chi connectivity index (χ1v) is 6.29. The first-order valence-electron chi connectivity index (χ1n) is 6.29. The summed E-state index contributed by atoms with van der Waals surface area (Å²) in [5.41, 5.74) is 2.07. The second kappa shape index (κ2) is 7.99. The lowest BCUT2D eigenvalue weighted by molar-refractivity contribution is 0.318. The molecule has 0 radical (unpaired) electrons. The molecule has 0 saturated heterocycles. The molecule has 0 N–H and O–H groups in total. The van der Waals surface area contributed by atoms with E-state index in [1.807, 2.05) is 64.7 Å². The van der Waals surface area contributed by atoms with Gasteiger partial charge in [-0.2, -0.15) is 10.2 Å². The summed E-state index contributed by atoms with van der Waals surface area (Å²) in [5, 5.41) is 11.8. The predicted molar refractivity (Wildman–Crippen MR) is 84.9 cm³/mol. The van der Waals surface area contributed by atoms with Crippen molar-refractivity contribution >= 4 is 18.5 Å². The Morgan fingerprint density at radius 1 is 1.05 bits per heavy atom. The molecule has 0 bridgehead atoms. The van der Waals surface area contributed by atoms with Crippen molar-refractivity contribution in [3.05, 3.63) is 41.2 Å². The molecule has 0 unspecified atom stereocenters. The van der Waals surface area contributed by atoms with Crippen LogP contribution in [0.2, 0.25) is 0 Å². The average molecular weight is 274 g/mol. The van der Waals surface area contributed by atoms with E-state index in [2.05, 4.69) is 10.2 Å². The molecule has 0 atom stereocenters. The fourth-order valence-electron chi connectivity index (χ4n) is 1.40. The van der Waals surface area contributed by atoms with Gasteiger partial charge in [-0.1, -0.05) is 18.2 Å². The highest BCUT2D eigenvalue weighted by atomic mass is 16.5. The summed E-state index contributed by atoms with van der Waals surface area (Å²) in [5.74, 6) is 0.695. The Kier molecular flexibility index (Phi) is 6.29. The fraction of sp³-hybridized carbons (Fsp3) is 0.333. The molecule has 0 fully saturated rings. The smallest absolute Gasteiger partial charge is 0.139 e. The Labute approximate surface area is 120 Å². The molecule has 1 aromatic rings. The number of nitrogens with zero attached hydrogens (tertiary/aromatic N) is 4. The number of methoxy groups -OCH3 is 1. The molecule has 20 heavy (non-hydrogen) atoms. The summed E-state index contributed by atoms with van der Waals surface area (Å²) < 4.78 is 5.29. The Bertz CT molecular complexity index is 504. The van der Waals surface area contributed by atoms with Gasteiger partial charge in [0, 0.05) is 28.2 Å². The van der Waals surface area contributed by atoms with Gasteiger partial charge in [0.05, 0.1) is 19.5 Å². The lowest BCUT2D eigenvalue weighted by atomic mass is 10.1. The van der Waals surface area contributed by atoms with E-state index in [4.69, 9.17) is 4.74 Å². The third-order valence-corrected chi connectivity index (χ3v) is 2.31. The second-order valence-corrected chi connectivity index (χ2v) is 4.60. The number of benzene rings is 1. The fourth-order valence-corrected chi connectivity index (χ4v) is 1.40. The standard InChI is InChI=1S/C15H22N4O/c1-18(2)16-11-14-8-6-7-13(9-14)10-15(20-5)12-17-19(3)4/h6-12H,1-5H3/b15-10-,16-11+,17-12+. The maximum Gasteiger partial charge on any atom is 0.139 e. The highest BCUT2D eigenvalue weighted by Crippen LogP contribution is 2.09. The van der Waals surface area contributed by atoms with E-state index in [-0.39, 0.29) is 0 Å². The minimum Gasteiger partial charge on any atom is -0.495 e. The van der Waals surface area contributed by atoms with Crippen LogP contribution in [0.25, 0.3) is 6.08 Å². The highest BCUT2D eigenvalue weighted by molar-refractivity contribution is 5.85. The third-order valence-electron chi connectivity index (χ3n) is 2.31. The number of hydrogen-bond donors (Lipinski definition) is 0. The number of rotatable bonds is 6. The molecule has 0 spiro atoms.